The van der Waals surface area contributed by atoms with Crippen LogP contribution in [0.3, 0.4) is 0 Å². The molecule has 106 valence electrons. The summed E-state index contributed by atoms with van der Waals surface area (Å²) < 4.78 is 36.6. The second-order valence-corrected chi connectivity index (χ2v) is 4.96. The van der Waals surface area contributed by atoms with E-state index in [2.05, 4.69) is 11.0 Å². The van der Waals surface area contributed by atoms with Crippen molar-refractivity contribution in [2.45, 2.75) is 31.5 Å². The number of halogens is 3. The van der Waals surface area contributed by atoms with Gasteiger partial charge < -0.3 is 5.73 Å². The standard InChI is InChI=1S/C14H19F3N2/c15-14(16,17)7-3-8-19-9-6-11-4-1-2-5-12(11)13(19)10-18/h1-2,4-5,13H,3,6-10,18H2. The molecule has 1 unspecified atom stereocenters. The predicted octanol–water partition coefficient (Wildman–Crippen LogP) is 2.89. The van der Waals surface area contributed by atoms with E-state index < -0.39 is 12.6 Å². The number of hydrogen-bond donors (Lipinski definition) is 1. The van der Waals surface area contributed by atoms with Gasteiger partial charge in [-0.25, -0.2) is 0 Å². The minimum atomic E-state index is -4.06. The summed E-state index contributed by atoms with van der Waals surface area (Å²) in [5.41, 5.74) is 8.24. The third-order valence-corrected chi connectivity index (χ3v) is 3.65. The molecule has 2 N–H and O–H groups in total. The summed E-state index contributed by atoms with van der Waals surface area (Å²) in [6.45, 7) is 1.69. The van der Waals surface area contributed by atoms with E-state index in [0.717, 1.165) is 13.0 Å². The summed E-state index contributed by atoms with van der Waals surface area (Å²) in [5, 5.41) is 0. The van der Waals surface area contributed by atoms with Gasteiger partial charge in [-0.15, -0.1) is 0 Å². The quantitative estimate of drug-likeness (QED) is 0.913. The molecule has 0 radical (unpaired) electrons. The number of rotatable bonds is 4. The molecule has 0 saturated heterocycles. The first-order chi connectivity index (χ1) is 9.01. The SMILES string of the molecule is NCC1c2ccccc2CCN1CCCC(F)(F)F. The Bertz CT molecular complexity index is 417. The number of hydrogen-bond acceptors (Lipinski definition) is 2. The molecule has 2 rings (SSSR count). The monoisotopic (exact) mass is 272 g/mol. The van der Waals surface area contributed by atoms with Crippen LogP contribution in [0, 0.1) is 0 Å². The predicted molar refractivity (Wildman–Crippen MR) is 68.8 cm³/mol. The number of nitrogens with two attached hydrogens (primary N) is 1. The highest BCUT2D eigenvalue weighted by molar-refractivity contribution is 5.32. The van der Waals surface area contributed by atoms with E-state index >= 15 is 0 Å². The normalized spacial score (nSPS) is 20.3. The minimum absolute atomic E-state index is 0.0539. The molecule has 0 fully saturated rings. The Morgan fingerprint density at radius 3 is 2.68 bits per heavy atom. The van der Waals surface area contributed by atoms with Crippen molar-refractivity contribution in [2.75, 3.05) is 19.6 Å². The molecular weight excluding hydrogens is 253 g/mol. The van der Waals surface area contributed by atoms with Crippen LogP contribution >= 0.6 is 0 Å². The molecule has 0 spiro atoms. The lowest BCUT2D eigenvalue weighted by atomic mass is 9.92. The first-order valence-electron chi connectivity index (χ1n) is 6.60. The fourth-order valence-corrected chi connectivity index (χ4v) is 2.73. The Balaban J connectivity index is 2.00. The largest absolute Gasteiger partial charge is 0.389 e. The van der Waals surface area contributed by atoms with Crippen LogP contribution in [0.4, 0.5) is 13.2 Å². The average molecular weight is 272 g/mol. The molecule has 5 heteroatoms. The molecule has 0 saturated carbocycles. The van der Waals surface area contributed by atoms with Crippen LogP contribution < -0.4 is 5.73 Å². The number of benzene rings is 1. The van der Waals surface area contributed by atoms with Crippen molar-refractivity contribution in [1.29, 1.82) is 0 Å². The van der Waals surface area contributed by atoms with Gasteiger partial charge in [0.1, 0.15) is 0 Å². The van der Waals surface area contributed by atoms with Crippen molar-refractivity contribution in [3.8, 4) is 0 Å². The van der Waals surface area contributed by atoms with Crippen molar-refractivity contribution in [2.24, 2.45) is 5.73 Å². The topological polar surface area (TPSA) is 29.3 Å². The zero-order chi connectivity index (χ0) is 13.9. The smallest absolute Gasteiger partial charge is 0.329 e. The van der Waals surface area contributed by atoms with Crippen LogP contribution in [0.25, 0.3) is 0 Å². The fourth-order valence-electron chi connectivity index (χ4n) is 2.73. The molecule has 2 nitrogen and oxygen atoms in total. The summed E-state index contributed by atoms with van der Waals surface area (Å²) in [6.07, 6.45) is -3.75. The van der Waals surface area contributed by atoms with Crippen molar-refractivity contribution >= 4 is 0 Å². The van der Waals surface area contributed by atoms with Gasteiger partial charge in [0.25, 0.3) is 0 Å². The Labute approximate surface area is 111 Å². The zero-order valence-corrected chi connectivity index (χ0v) is 10.8. The lowest BCUT2D eigenvalue weighted by Gasteiger charge is -2.36. The van der Waals surface area contributed by atoms with E-state index in [1.165, 1.54) is 11.1 Å². The molecule has 1 heterocycles. The highest BCUT2D eigenvalue weighted by atomic mass is 19.4. The minimum Gasteiger partial charge on any atom is -0.329 e. The Hall–Kier alpha value is -1.07. The second kappa shape index (κ2) is 5.92. The van der Waals surface area contributed by atoms with E-state index in [0.29, 0.717) is 13.1 Å². The summed E-state index contributed by atoms with van der Waals surface area (Å²) in [5.74, 6) is 0. The van der Waals surface area contributed by atoms with Crippen molar-refractivity contribution in [3.05, 3.63) is 35.4 Å². The van der Waals surface area contributed by atoms with Gasteiger partial charge in [0.15, 0.2) is 0 Å². The first-order valence-corrected chi connectivity index (χ1v) is 6.60. The van der Waals surface area contributed by atoms with E-state index in [9.17, 15) is 13.2 Å². The third-order valence-electron chi connectivity index (χ3n) is 3.65. The molecule has 0 bridgehead atoms. The molecule has 1 aromatic carbocycles. The second-order valence-electron chi connectivity index (χ2n) is 4.96. The number of fused-ring (bicyclic) bond motifs is 1. The van der Waals surface area contributed by atoms with Gasteiger partial charge in [0, 0.05) is 25.6 Å². The average Bonchev–Trinajstić information content (AvgIpc) is 2.37. The Kier molecular flexibility index (Phi) is 4.47. The molecule has 19 heavy (non-hydrogen) atoms. The zero-order valence-electron chi connectivity index (χ0n) is 10.8. The third kappa shape index (κ3) is 3.70. The molecule has 0 aliphatic carbocycles. The molecule has 1 atom stereocenters. The van der Waals surface area contributed by atoms with Crippen LogP contribution in [0.2, 0.25) is 0 Å². The summed E-state index contributed by atoms with van der Waals surface area (Å²) in [6, 6.07) is 8.11. The van der Waals surface area contributed by atoms with Gasteiger partial charge in [0.2, 0.25) is 0 Å². The highest BCUT2D eigenvalue weighted by Crippen LogP contribution is 2.30. The summed E-state index contributed by atoms with van der Waals surface area (Å²) in [4.78, 5) is 2.08. The maximum absolute atomic E-state index is 12.2. The maximum atomic E-state index is 12.2. The summed E-state index contributed by atoms with van der Waals surface area (Å²) >= 11 is 0. The van der Waals surface area contributed by atoms with Crippen molar-refractivity contribution < 1.29 is 13.2 Å². The van der Waals surface area contributed by atoms with E-state index in [1.807, 2.05) is 18.2 Å². The van der Waals surface area contributed by atoms with Gasteiger partial charge in [0.05, 0.1) is 0 Å². The van der Waals surface area contributed by atoms with Crippen molar-refractivity contribution in [1.82, 2.24) is 4.90 Å². The van der Waals surface area contributed by atoms with Crippen LogP contribution in [0.1, 0.15) is 30.0 Å². The van der Waals surface area contributed by atoms with Gasteiger partial charge in [-0.3, -0.25) is 4.90 Å². The van der Waals surface area contributed by atoms with E-state index in [-0.39, 0.29) is 12.5 Å². The molecule has 1 aromatic rings. The fraction of sp³-hybridized carbons (Fsp3) is 0.571. The van der Waals surface area contributed by atoms with Crippen LogP contribution in [-0.4, -0.2) is 30.7 Å². The first kappa shape index (κ1) is 14.3. The van der Waals surface area contributed by atoms with Crippen LogP contribution in [0.5, 0.6) is 0 Å². The molecular formula is C14H19F3N2. The maximum Gasteiger partial charge on any atom is 0.389 e. The number of alkyl halides is 3. The molecule has 0 aromatic heterocycles. The molecule has 1 aliphatic heterocycles. The lowest BCUT2D eigenvalue weighted by molar-refractivity contribution is -0.136. The number of nitrogens with zero attached hydrogens (tertiary/aromatic N) is 1. The van der Waals surface area contributed by atoms with Crippen molar-refractivity contribution in [3.63, 3.8) is 0 Å². The molecule has 1 aliphatic rings. The van der Waals surface area contributed by atoms with E-state index in [4.69, 9.17) is 5.73 Å². The lowest BCUT2D eigenvalue weighted by Crippen LogP contribution is -2.40. The van der Waals surface area contributed by atoms with Gasteiger partial charge in [-0.2, -0.15) is 13.2 Å². The van der Waals surface area contributed by atoms with Crippen LogP contribution in [0.15, 0.2) is 24.3 Å². The molecule has 0 amide bonds. The highest BCUT2D eigenvalue weighted by Gasteiger charge is 2.29. The van der Waals surface area contributed by atoms with Crippen LogP contribution in [-0.2, 0) is 6.42 Å². The summed E-state index contributed by atoms with van der Waals surface area (Å²) in [7, 11) is 0. The van der Waals surface area contributed by atoms with E-state index in [1.54, 1.807) is 0 Å². The van der Waals surface area contributed by atoms with Gasteiger partial charge in [-0.05, 0) is 30.5 Å². The van der Waals surface area contributed by atoms with Gasteiger partial charge >= 0.3 is 6.18 Å². The van der Waals surface area contributed by atoms with Gasteiger partial charge in [-0.1, -0.05) is 24.3 Å². The Morgan fingerprint density at radius 1 is 1.26 bits per heavy atom. The Morgan fingerprint density at radius 2 is 2.00 bits per heavy atom.